The molecule has 0 saturated carbocycles. The Balaban J connectivity index is 2.12. The van der Waals surface area contributed by atoms with Crippen molar-refractivity contribution in [3.63, 3.8) is 0 Å². The minimum Gasteiger partial charge on any atom is -0.303 e. The number of aldehydes is 1. The maximum atomic E-state index is 10.9. The van der Waals surface area contributed by atoms with E-state index in [0.29, 0.717) is 6.42 Å². The van der Waals surface area contributed by atoms with Crippen LogP contribution in [0, 0.1) is 10.1 Å². The molecule has 0 saturated heterocycles. The van der Waals surface area contributed by atoms with Crippen LogP contribution in [0.25, 0.3) is 10.4 Å². The average Bonchev–Trinajstić information content (AvgIpc) is 3.02. The van der Waals surface area contributed by atoms with Crippen molar-refractivity contribution in [2.45, 2.75) is 25.7 Å². The Hall–Kier alpha value is -2.01. The van der Waals surface area contributed by atoms with Crippen molar-refractivity contribution in [3.05, 3.63) is 50.4 Å². The quantitative estimate of drug-likeness (QED) is 0.491. The molecule has 20 heavy (non-hydrogen) atoms. The molecular weight excluding hydrogens is 274 g/mol. The monoisotopic (exact) mass is 287 g/mol. The summed E-state index contributed by atoms with van der Waals surface area (Å²) in [5.74, 6) is 0. The number of rotatable bonds is 4. The van der Waals surface area contributed by atoms with Gasteiger partial charge in [-0.3, -0.25) is 10.1 Å². The van der Waals surface area contributed by atoms with Gasteiger partial charge >= 0.3 is 0 Å². The minimum absolute atomic E-state index is 0.0908. The van der Waals surface area contributed by atoms with Crippen LogP contribution in [0.2, 0.25) is 0 Å². The van der Waals surface area contributed by atoms with Gasteiger partial charge in [0.1, 0.15) is 6.29 Å². The normalized spacial score (nSPS) is 13.2. The van der Waals surface area contributed by atoms with Crippen molar-refractivity contribution in [1.82, 2.24) is 0 Å². The number of carbonyl (C=O) groups is 1. The number of hydrogen-bond donors (Lipinski definition) is 0. The van der Waals surface area contributed by atoms with Crippen LogP contribution in [0.15, 0.2) is 24.3 Å². The topological polar surface area (TPSA) is 60.2 Å². The standard InChI is InChI=1S/C15H13NO3S/c17-8-7-13-12-5-2-6-14(12)20-15(13)10-3-1-4-11(9-10)16(18)19/h1,3-4,8-9H,2,5-7H2. The summed E-state index contributed by atoms with van der Waals surface area (Å²) in [4.78, 5) is 23.8. The van der Waals surface area contributed by atoms with Crippen LogP contribution in [-0.4, -0.2) is 11.2 Å². The molecule has 1 aromatic carbocycles. The molecule has 1 heterocycles. The van der Waals surface area contributed by atoms with Crippen molar-refractivity contribution in [2.24, 2.45) is 0 Å². The lowest BCUT2D eigenvalue weighted by atomic mass is 10.0. The average molecular weight is 287 g/mol. The Morgan fingerprint density at radius 2 is 2.20 bits per heavy atom. The lowest BCUT2D eigenvalue weighted by Crippen LogP contribution is -1.93. The number of nitrogens with zero attached hydrogens (tertiary/aromatic N) is 1. The number of benzene rings is 1. The highest BCUT2D eigenvalue weighted by molar-refractivity contribution is 7.16. The fourth-order valence-corrected chi connectivity index (χ4v) is 4.18. The molecular formula is C15H13NO3S. The van der Waals surface area contributed by atoms with E-state index in [2.05, 4.69) is 0 Å². The zero-order valence-electron chi connectivity index (χ0n) is 10.8. The molecule has 5 heteroatoms. The zero-order chi connectivity index (χ0) is 14.1. The molecule has 0 aliphatic heterocycles. The summed E-state index contributed by atoms with van der Waals surface area (Å²) in [6.07, 6.45) is 4.53. The summed E-state index contributed by atoms with van der Waals surface area (Å²) >= 11 is 1.68. The molecule has 0 bridgehead atoms. The maximum absolute atomic E-state index is 10.9. The molecule has 0 unspecified atom stereocenters. The third-order valence-electron chi connectivity index (χ3n) is 3.64. The van der Waals surface area contributed by atoms with E-state index in [1.807, 2.05) is 6.07 Å². The van der Waals surface area contributed by atoms with E-state index in [9.17, 15) is 14.9 Å². The molecule has 0 amide bonds. The number of fused-ring (bicyclic) bond motifs is 1. The second-order valence-corrected chi connectivity index (χ2v) is 5.95. The van der Waals surface area contributed by atoms with Crippen LogP contribution in [0.3, 0.4) is 0 Å². The SMILES string of the molecule is O=CCc1c(-c2cccc([N+](=O)[O-])c2)sc2c1CCC2. The molecule has 2 aromatic rings. The Morgan fingerprint density at radius 1 is 1.35 bits per heavy atom. The predicted molar refractivity (Wildman–Crippen MR) is 78.2 cm³/mol. The van der Waals surface area contributed by atoms with Crippen molar-refractivity contribution < 1.29 is 9.72 Å². The largest absolute Gasteiger partial charge is 0.303 e. The van der Waals surface area contributed by atoms with Gasteiger partial charge in [-0.15, -0.1) is 11.3 Å². The number of non-ortho nitro benzene ring substituents is 1. The van der Waals surface area contributed by atoms with Crippen molar-refractivity contribution in [1.29, 1.82) is 0 Å². The Labute approximate surface area is 120 Å². The van der Waals surface area contributed by atoms with Gasteiger partial charge in [0.2, 0.25) is 0 Å². The molecule has 0 spiro atoms. The molecule has 0 radical (unpaired) electrons. The molecule has 1 aromatic heterocycles. The summed E-state index contributed by atoms with van der Waals surface area (Å²) in [7, 11) is 0. The number of carbonyl (C=O) groups excluding carboxylic acids is 1. The van der Waals surface area contributed by atoms with Gasteiger partial charge in [-0.25, -0.2) is 0 Å². The van der Waals surface area contributed by atoms with E-state index in [-0.39, 0.29) is 10.6 Å². The van der Waals surface area contributed by atoms with E-state index < -0.39 is 0 Å². The van der Waals surface area contributed by atoms with Crippen molar-refractivity contribution >= 4 is 23.3 Å². The highest BCUT2D eigenvalue weighted by Gasteiger charge is 2.23. The Morgan fingerprint density at radius 3 is 2.95 bits per heavy atom. The first-order chi connectivity index (χ1) is 9.70. The van der Waals surface area contributed by atoms with Crippen LogP contribution in [0.1, 0.15) is 22.4 Å². The minimum atomic E-state index is -0.385. The lowest BCUT2D eigenvalue weighted by molar-refractivity contribution is -0.384. The van der Waals surface area contributed by atoms with Crippen LogP contribution in [-0.2, 0) is 24.1 Å². The lowest BCUT2D eigenvalue weighted by Gasteiger charge is -2.04. The highest BCUT2D eigenvalue weighted by atomic mass is 32.1. The number of nitro groups is 1. The summed E-state index contributed by atoms with van der Waals surface area (Å²) in [5, 5.41) is 10.9. The van der Waals surface area contributed by atoms with Gasteiger partial charge in [0.25, 0.3) is 5.69 Å². The van der Waals surface area contributed by atoms with E-state index >= 15 is 0 Å². The van der Waals surface area contributed by atoms with Gasteiger partial charge in [0.05, 0.1) is 4.92 Å². The number of nitro benzene ring substituents is 1. The predicted octanol–water partition coefficient (Wildman–Crippen LogP) is 3.55. The second kappa shape index (κ2) is 5.17. The molecule has 0 atom stereocenters. The molecule has 0 N–H and O–H groups in total. The van der Waals surface area contributed by atoms with E-state index in [0.717, 1.165) is 41.6 Å². The highest BCUT2D eigenvalue weighted by Crippen LogP contribution is 2.41. The maximum Gasteiger partial charge on any atom is 0.270 e. The van der Waals surface area contributed by atoms with Crippen LogP contribution >= 0.6 is 11.3 Å². The van der Waals surface area contributed by atoms with Crippen molar-refractivity contribution in [3.8, 4) is 10.4 Å². The zero-order valence-corrected chi connectivity index (χ0v) is 11.6. The van der Waals surface area contributed by atoms with Gasteiger partial charge in [-0.2, -0.15) is 0 Å². The second-order valence-electron chi connectivity index (χ2n) is 4.84. The smallest absolute Gasteiger partial charge is 0.270 e. The van der Waals surface area contributed by atoms with Gasteiger partial charge < -0.3 is 4.79 Å². The molecule has 3 rings (SSSR count). The molecule has 0 fully saturated rings. The van der Waals surface area contributed by atoms with Crippen LogP contribution in [0.4, 0.5) is 5.69 Å². The third-order valence-corrected chi connectivity index (χ3v) is 5.02. The third kappa shape index (κ3) is 2.14. The summed E-state index contributed by atoms with van der Waals surface area (Å²) in [6, 6.07) is 6.66. The number of thiophene rings is 1. The molecule has 1 aliphatic rings. The summed E-state index contributed by atoms with van der Waals surface area (Å²) in [5.41, 5.74) is 3.30. The van der Waals surface area contributed by atoms with Gasteiger partial charge in [0, 0.05) is 28.3 Å². The Kier molecular flexibility index (Phi) is 3.36. The van der Waals surface area contributed by atoms with Gasteiger partial charge in [0.15, 0.2) is 0 Å². The summed E-state index contributed by atoms with van der Waals surface area (Å²) < 4.78 is 0. The first-order valence-corrected chi connectivity index (χ1v) is 7.34. The van der Waals surface area contributed by atoms with E-state index in [4.69, 9.17) is 0 Å². The summed E-state index contributed by atoms with van der Waals surface area (Å²) in [6.45, 7) is 0. The fourth-order valence-electron chi connectivity index (χ4n) is 2.76. The molecule has 102 valence electrons. The fraction of sp³-hybridized carbons (Fsp3) is 0.267. The molecule has 1 aliphatic carbocycles. The Bertz CT molecular complexity index is 690. The van der Waals surface area contributed by atoms with E-state index in [1.165, 1.54) is 16.5 Å². The molecule has 4 nitrogen and oxygen atoms in total. The number of hydrogen-bond acceptors (Lipinski definition) is 4. The van der Waals surface area contributed by atoms with Gasteiger partial charge in [-0.05, 0) is 36.0 Å². The van der Waals surface area contributed by atoms with Crippen LogP contribution in [0.5, 0.6) is 0 Å². The van der Waals surface area contributed by atoms with E-state index in [1.54, 1.807) is 23.5 Å². The number of aryl methyl sites for hydroxylation is 1. The van der Waals surface area contributed by atoms with Crippen LogP contribution < -0.4 is 0 Å². The van der Waals surface area contributed by atoms with Crippen molar-refractivity contribution in [2.75, 3.05) is 0 Å². The first kappa shape index (κ1) is 13.0. The van der Waals surface area contributed by atoms with Gasteiger partial charge in [-0.1, -0.05) is 12.1 Å². The first-order valence-electron chi connectivity index (χ1n) is 6.52.